The van der Waals surface area contributed by atoms with Gasteiger partial charge in [-0.15, -0.1) is 0 Å². The van der Waals surface area contributed by atoms with Crippen molar-refractivity contribution in [2.24, 2.45) is 29.6 Å². The summed E-state index contributed by atoms with van der Waals surface area (Å²) < 4.78 is 40.4. The maximum atomic E-state index is 14.6. The van der Waals surface area contributed by atoms with E-state index in [1.165, 1.54) is 69.9 Å². The number of ether oxygens (including phenoxy) is 2. The summed E-state index contributed by atoms with van der Waals surface area (Å²) >= 11 is 0. The number of hydrogen-bond acceptors (Lipinski definition) is 2. The molecule has 0 aromatic heterocycles. The summed E-state index contributed by atoms with van der Waals surface area (Å²) in [6, 6.07) is 3.06. The highest BCUT2D eigenvalue weighted by Crippen LogP contribution is 2.40. The lowest BCUT2D eigenvalue weighted by molar-refractivity contribution is 0.133. The predicted octanol–water partition coefficient (Wildman–Crippen LogP) is 9.70. The zero-order chi connectivity index (χ0) is 23.6. The summed E-state index contributed by atoms with van der Waals surface area (Å²) in [4.78, 5) is 0. The van der Waals surface area contributed by atoms with E-state index in [0.29, 0.717) is 25.0 Å². The molecule has 33 heavy (non-hydrogen) atoms. The molecule has 3 fully saturated rings. The van der Waals surface area contributed by atoms with Crippen LogP contribution in [0, 0.1) is 41.2 Å². The molecule has 3 aliphatic carbocycles. The van der Waals surface area contributed by atoms with E-state index in [9.17, 15) is 8.78 Å². The topological polar surface area (TPSA) is 18.5 Å². The molecular formula is C29H52F2O2. The molecule has 194 valence electrons. The molecule has 0 spiro atoms. The molecule has 4 heteroatoms. The fourth-order valence-corrected chi connectivity index (χ4v) is 6.08. The minimum absolute atomic E-state index is 0. The van der Waals surface area contributed by atoms with Crippen LogP contribution in [0.5, 0.6) is 11.5 Å². The third-order valence-electron chi connectivity index (χ3n) is 8.30. The Kier molecular flexibility index (Phi) is 10.8. The minimum atomic E-state index is -0.914. The van der Waals surface area contributed by atoms with Crippen molar-refractivity contribution in [3.8, 4) is 11.5 Å². The van der Waals surface area contributed by atoms with Gasteiger partial charge in [0, 0.05) is 4.28 Å². The first-order valence-electron chi connectivity index (χ1n) is 13.8. The van der Waals surface area contributed by atoms with Crippen molar-refractivity contribution < 1.29 is 22.5 Å². The van der Waals surface area contributed by atoms with Crippen LogP contribution in [0.25, 0.3) is 0 Å². The molecule has 1 aromatic carbocycles. The second kappa shape index (κ2) is 13.5. The van der Waals surface area contributed by atoms with Gasteiger partial charge in [-0.05, 0) is 80.2 Å². The van der Waals surface area contributed by atoms with E-state index in [0.717, 1.165) is 43.4 Å². The van der Waals surface area contributed by atoms with Gasteiger partial charge in [0.15, 0.2) is 11.5 Å². The monoisotopic (exact) mass is 470 g/mol. The molecule has 1 aromatic rings. The van der Waals surface area contributed by atoms with E-state index >= 15 is 0 Å². The Morgan fingerprint density at radius 1 is 0.667 bits per heavy atom. The zero-order valence-electron chi connectivity index (χ0n) is 21.2. The van der Waals surface area contributed by atoms with Gasteiger partial charge >= 0.3 is 0 Å². The molecule has 0 bridgehead atoms. The highest BCUT2D eigenvalue weighted by atomic mass is 19.2. The third kappa shape index (κ3) is 7.59. The number of hydrogen-bond donors (Lipinski definition) is 0. The summed E-state index contributed by atoms with van der Waals surface area (Å²) in [7, 11) is 0. The molecule has 0 atom stereocenters. The fraction of sp³-hybridized carbons (Fsp3) is 0.793. The van der Waals surface area contributed by atoms with Gasteiger partial charge < -0.3 is 9.47 Å². The average Bonchev–Trinajstić information content (AvgIpc) is 2.87. The maximum absolute atomic E-state index is 14.6. The van der Waals surface area contributed by atoms with Gasteiger partial charge in [-0.25, -0.2) is 0 Å². The minimum Gasteiger partial charge on any atom is -0.490 e. The van der Waals surface area contributed by atoms with Gasteiger partial charge in [-0.2, -0.15) is 8.78 Å². The van der Waals surface area contributed by atoms with Gasteiger partial charge in [0.05, 0.1) is 13.2 Å². The smallest absolute Gasteiger partial charge is 0.204 e. The van der Waals surface area contributed by atoms with Crippen molar-refractivity contribution in [3.63, 3.8) is 0 Å². The van der Waals surface area contributed by atoms with Crippen molar-refractivity contribution >= 4 is 0 Å². The molecule has 0 saturated heterocycles. The second-order valence-corrected chi connectivity index (χ2v) is 10.6. The molecule has 2 nitrogen and oxygen atoms in total. The van der Waals surface area contributed by atoms with Crippen LogP contribution in [0.4, 0.5) is 8.78 Å². The largest absolute Gasteiger partial charge is 0.490 e. The van der Waals surface area contributed by atoms with E-state index in [1.807, 2.05) is 13.8 Å². The summed E-state index contributed by atoms with van der Waals surface area (Å²) in [5, 5.41) is 0. The SMILES string of the molecule is CC.CC1CCC(COc2ccc(OCC3CCC(C4CCCCC4)CC3)c(F)c2F)CC1.[HH].[HH].[HH]. The first kappa shape index (κ1) is 26.3. The van der Waals surface area contributed by atoms with Crippen LogP contribution in [0.3, 0.4) is 0 Å². The summed E-state index contributed by atoms with van der Waals surface area (Å²) in [6.45, 7) is 7.22. The number of halogens is 2. The molecule has 3 aliphatic rings. The zero-order valence-corrected chi connectivity index (χ0v) is 21.2. The van der Waals surface area contributed by atoms with E-state index in [-0.39, 0.29) is 15.8 Å². The van der Waals surface area contributed by atoms with Crippen LogP contribution >= 0.6 is 0 Å². The van der Waals surface area contributed by atoms with Crippen LogP contribution < -0.4 is 9.47 Å². The van der Waals surface area contributed by atoms with Crippen molar-refractivity contribution in [1.82, 2.24) is 0 Å². The molecule has 0 amide bonds. The van der Waals surface area contributed by atoms with E-state index in [4.69, 9.17) is 9.47 Å². The van der Waals surface area contributed by atoms with Crippen LogP contribution in [0.2, 0.25) is 0 Å². The van der Waals surface area contributed by atoms with Gasteiger partial charge in [0.25, 0.3) is 0 Å². The van der Waals surface area contributed by atoms with E-state index in [2.05, 4.69) is 6.92 Å². The molecule has 3 saturated carbocycles. The van der Waals surface area contributed by atoms with E-state index in [1.54, 1.807) is 0 Å². The second-order valence-electron chi connectivity index (χ2n) is 10.6. The Hall–Kier alpha value is -1.32. The molecular weight excluding hydrogens is 418 g/mol. The van der Waals surface area contributed by atoms with Crippen molar-refractivity contribution in [2.75, 3.05) is 13.2 Å². The normalized spacial score (nSPS) is 28.5. The lowest BCUT2D eigenvalue weighted by atomic mass is 9.71. The highest BCUT2D eigenvalue weighted by Gasteiger charge is 2.29. The van der Waals surface area contributed by atoms with Crippen LogP contribution in [-0.2, 0) is 0 Å². The van der Waals surface area contributed by atoms with Gasteiger partial charge in [0.1, 0.15) is 0 Å². The Morgan fingerprint density at radius 2 is 1.09 bits per heavy atom. The Labute approximate surface area is 205 Å². The molecule has 0 aliphatic heterocycles. The maximum Gasteiger partial charge on any atom is 0.204 e. The standard InChI is InChI=1S/C27H40F2O2.C2H6.3H2/c1-19-7-9-20(10-8-19)17-30-24-15-16-25(27(29)26(24)28)31-18-21-11-13-23(14-12-21)22-5-3-2-4-6-22;1-2;;;/h15-16,19-23H,2-14,17-18H2,1H3;1-2H3;3*1H. The predicted molar refractivity (Wildman–Crippen MR) is 138 cm³/mol. The Bertz CT molecular complexity index is 700. The summed E-state index contributed by atoms with van der Waals surface area (Å²) in [5.41, 5.74) is 0. The lowest BCUT2D eigenvalue weighted by Gasteiger charge is -2.35. The number of rotatable bonds is 7. The molecule has 0 radical (unpaired) electrons. The Morgan fingerprint density at radius 3 is 1.58 bits per heavy atom. The highest BCUT2D eigenvalue weighted by molar-refractivity contribution is 5.35. The van der Waals surface area contributed by atoms with E-state index < -0.39 is 11.6 Å². The van der Waals surface area contributed by atoms with Gasteiger partial charge in [0.2, 0.25) is 11.6 Å². The third-order valence-corrected chi connectivity index (χ3v) is 8.30. The van der Waals surface area contributed by atoms with Crippen molar-refractivity contribution in [2.45, 2.75) is 104 Å². The molecule has 0 unspecified atom stereocenters. The first-order chi connectivity index (χ1) is 16.1. The van der Waals surface area contributed by atoms with Crippen LogP contribution in [0.15, 0.2) is 12.1 Å². The van der Waals surface area contributed by atoms with Crippen LogP contribution in [-0.4, -0.2) is 13.2 Å². The Balaban J connectivity index is 0.00000239. The first-order valence-corrected chi connectivity index (χ1v) is 13.8. The average molecular weight is 471 g/mol. The fourth-order valence-electron chi connectivity index (χ4n) is 6.08. The van der Waals surface area contributed by atoms with Crippen LogP contribution in [0.1, 0.15) is 109 Å². The van der Waals surface area contributed by atoms with Crippen molar-refractivity contribution in [1.29, 1.82) is 0 Å². The van der Waals surface area contributed by atoms with Gasteiger partial charge in [-0.3, -0.25) is 0 Å². The molecule has 4 rings (SSSR count). The van der Waals surface area contributed by atoms with Crippen molar-refractivity contribution in [3.05, 3.63) is 23.8 Å². The quantitative estimate of drug-likeness (QED) is 0.395. The summed E-state index contributed by atoms with van der Waals surface area (Å²) in [6.07, 6.45) is 16.5. The number of benzene rings is 1. The van der Waals surface area contributed by atoms with Gasteiger partial charge in [-0.1, -0.05) is 65.7 Å². The summed E-state index contributed by atoms with van der Waals surface area (Å²) in [5.74, 6) is 1.66. The lowest BCUT2D eigenvalue weighted by Crippen LogP contribution is -2.26. The molecule has 0 N–H and O–H groups in total. The molecule has 0 heterocycles.